The van der Waals surface area contributed by atoms with Crippen LogP contribution in [0.1, 0.15) is 0 Å². The van der Waals surface area contributed by atoms with Crippen LogP contribution in [-0.2, 0) is 4.74 Å². The molecule has 0 amide bonds. The Morgan fingerprint density at radius 2 is 1.44 bits per heavy atom. The molecule has 0 spiro atoms. The molecule has 1 aliphatic rings. The van der Waals surface area contributed by atoms with Crippen LogP contribution in [0, 0.1) is 0 Å². The van der Waals surface area contributed by atoms with Gasteiger partial charge in [-0.2, -0.15) is 4.98 Å². The summed E-state index contributed by atoms with van der Waals surface area (Å²) in [5.74, 6) is 3.81. The number of nitrogens with zero attached hydrogens (tertiary/aromatic N) is 3. The van der Waals surface area contributed by atoms with Gasteiger partial charge in [0, 0.05) is 55.5 Å². The van der Waals surface area contributed by atoms with Gasteiger partial charge in [-0.25, -0.2) is 4.98 Å². The normalized spacial score (nSPS) is 13.8. The smallest absolute Gasteiger partial charge is 0.225 e. The summed E-state index contributed by atoms with van der Waals surface area (Å²) in [6.45, 7) is 4.93. The van der Waals surface area contributed by atoms with E-state index in [2.05, 4.69) is 15.5 Å². The first-order valence-electron chi connectivity index (χ1n) is 11.6. The fourth-order valence-corrected chi connectivity index (χ4v) is 4.07. The maximum Gasteiger partial charge on any atom is 0.225 e. The Balaban J connectivity index is 1.70. The molecule has 11 nitrogen and oxygen atoms in total. The molecular weight excluding hydrogens is 466 g/mol. The minimum Gasteiger partial charge on any atom is -0.493 e. The van der Waals surface area contributed by atoms with Crippen molar-refractivity contribution in [1.29, 1.82) is 0 Å². The van der Waals surface area contributed by atoms with Crippen molar-refractivity contribution in [2.24, 2.45) is 0 Å². The minimum atomic E-state index is 0.498. The standard InChI is InChI=1S/C25H33N5O6/c1-31-19-14-17-18(15-20(19)32-2)28-25(26-6-7-30-8-10-36-11-9-30)29-24(17)27-16-12-21(33-3)23(35-5)22(13-16)34-4/h12-15H,6-11H2,1-5H3,(H2,26,27,28,29). The summed E-state index contributed by atoms with van der Waals surface area (Å²) in [6.07, 6.45) is 0. The molecule has 2 aromatic carbocycles. The van der Waals surface area contributed by atoms with Crippen molar-refractivity contribution in [2.45, 2.75) is 0 Å². The van der Waals surface area contributed by atoms with Crippen molar-refractivity contribution in [3.05, 3.63) is 24.3 Å². The highest BCUT2D eigenvalue weighted by Gasteiger charge is 2.17. The molecule has 0 atom stereocenters. The van der Waals surface area contributed by atoms with Crippen molar-refractivity contribution < 1.29 is 28.4 Å². The summed E-state index contributed by atoms with van der Waals surface area (Å²) >= 11 is 0. The molecule has 194 valence electrons. The van der Waals surface area contributed by atoms with Crippen molar-refractivity contribution in [2.75, 3.05) is 85.6 Å². The number of morpholine rings is 1. The minimum absolute atomic E-state index is 0.498. The van der Waals surface area contributed by atoms with E-state index in [0.717, 1.165) is 38.2 Å². The fraction of sp³-hybridized carbons (Fsp3) is 0.440. The van der Waals surface area contributed by atoms with Crippen LogP contribution < -0.4 is 34.3 Å². The second-order valence-corrected chi connectivity index (χ2v) is 8.04. The predicted molar refractivity (Wildman–Crippen MR) is 138 cm³/mol. The Morgan fingerprint density at radius 1 is 0.806 bits per heavy atom. The Bertz CT molecular complexity index is 1160. The summed E-state index contributed by atoms with van der Waals surface area (Å²) in [5.41, 5.74) is 1.41. The van der Waals surface area contributed by atoms with Gasteiger partial charge in [-0.1, -0.05) is 0 Å². The van der Waals surface area contributed by atoms with E-state index >= 15 is 0 Å². The van der Waals surface area contributed by atoms with Crippen LogP contribution in [0.15, 0.2) is 24.3 Å². The number of hydrogen-bond acceptors (Lipinski definition) is 11. The van der Waals surface area contributed by atoms with Gasteiger partial charge in [0.05, 0.1) is 54.3 Å². The van der Waals surface area contributed by atoms with Gasteiger partial charge in [-0.3, -0.25) is 4.90 Å². The number of fused-ring (bicyclic) bond motifs is 1. The third-order valence-corrected chi connectivity index (χ3v) is 5.94. The van der Waals surface area contributed by atoms with E-state index in [0.29, 0.717) is 58.3 Å². The van der Waals surface area contributed by atoms with Gasteiger partial charge in [0.1, 0.15) is 5.82 Å². The monoisotopic (exact) mass is 499 g/mol. The summed E-state index contributed by atoms with van der Waals surface area (Å²) in [4.78, 5) is 11.9. The number of benzene rings is 2. The van der Waals surface area contributed by atoms with Crippen molar-refractivity contribution in [3.8, 4) is 28.7 Å². The molecule has 11 heteroatoms. The Hall–Kier alpha value is -3.70. The molecule has 1 fully saturated rings. The first-order valence-corrected chi connectivity index (χ1v) is 11.6. The summed E-state index contributed by atoms with van der Waals surface area (Å²) in [6, 6.07) is 7.33. The van der Waals surface area contributed by atoms with E-state index < -0.39 is 0 Å². The molecule has 4 rings (SSSR count). The highest BCUT2D eigenvalue weighted by Crippen LogP contribution is 2.41. The molecule has 0 radical (unpaired) electrons. The van der Waals surface area contributed by atoms with Gasteiger partial charge in [-0.15, -0.1) is 0 Å². The topological polar surface area (TPSA) is 108 Å². The Morgan fingerprint density at radius 3 is 2.06 bits per heavy atom. The molecule has 1 aromatic heterocycles. The van der Waals surface area contributed by atoms with Gasteiger partial charge in [0.2, 0.25) is 11.7 Å². The number of methoxy groups -OCH3 is 5. The third kappa shape index (κ3) is 5.58. The van der Waals surface area contributed by atoms with E-state index in [4.69, 9.17) is 38.4 Å². The molecule has 1 saturated heterocycles. The lowest BCUT2D eigenvalue weighted by atomic mass is 10.2. The SMILES string of the molecule is COc1cc2nc(NCCN3CCOCC3)nc(Nc3cc(OC)c(OC)c(OC)c3)c2cc1OC. The maximum absolute atomic E-state index is 5.52. The summed E-state index contributed by atoms with van der Waals surface area (Å²) in [5, 5.41) is 7.50. The van der Waals surface area contributed by atoms with E-state index in [1.807, 2.05) is 24.3 Å². The van der Waals surface area contributed by atoms with Crippen LogP contribution in [0.3, 0.4) is 0 Å². The molecule has 0 unspecified atom stereocenters. The van der Waals surface area contributed by atoms with Crippen LogP contribution >= 0.6 is 0 Å². The van der Waals surface area contributed by atoms with E-state index in [-0.39, 0.29) is 0 Å². The Kier molecular flexibility index (Phi) is 8.34. The number of rotatable bonds is 11. The number of aromatic nitrogens is 2. The quantitative estimate of drug-likeness (QED) is 0.406. The predicted octanol–water partition coefficient (Wildman–Crippen LogP) is 3.16. The number of anilines is 3. The van der Waals surface area contributed by atoms with Gasteiger partial charge >= 0.3 is 0 Å². The van der Waals surface area contributed by atoms with Crippen molar-refractivity contribution in [1.82, 2.24) is 14.9 Å². The van der Waals surface area contributed by atoms with E-state index in [1.54, 1.807) is 35.5 Å². The molecular formula is C25H33N5O6. The first-order chi connectivity index (χ1) is 17.6. The Labute approximate surface area is 210 Å². The van der Waals surface area contributed by atoms with Gasteiger partial charge in [0.15, 0.2) is 23.0 Å². The number of ether oxygens (including phenoxy) is 6. The molecule has 0 saturated carbocycles. The van der Waals surface area contributed by atoms with Gasteiger partial charge < -0.3 is 39.1 Å². The largest absolute Gasteiger partial charge is 0.493 e. The zero-order valence-corrected chi connectivity index (χ0v) is 21.3. The lowest BCUT2D eigenvalue weighted by molar-refractivity contribution is 0.0398. The molecule has 2 N–H and O–H groups in total. The average molecular weight is 500 g/mol. The maximum atomic E-state index is 5.52. The number of nitrogens with one attached hydrogen (secondary N) is 2. The molecule has 3 aromatic rings. The molecule has 0 aliphatic carbocycles. The molecule has 2 heterocycles. The van der Waals surface area contributed by atoms with Crippen molar-refractivity contribution in [3.63, 3.8) is 0 Å². The number of hydrogen-bond donors (Lipinski definition) is 2. The van der Waals surface area contributed by atoms with Gasteiger partial charge in [0.25, 0.3) is 0 Å². The van der Waals surface area contributed by atoms with Crippen molar-refractivity contribution >= 4 is 28.4 Å². The van der Waals surface area contributed by atoms with E-state index in [9.17, 15) is 0 Å². The van der Waals surface area contributed by atoms with E-state index in [1.165, 1.54) is 0 Å². The lowest BCUT2D eigenvalue weighted by Gasteiger charge is -2.26. The van der Waals surface area contributed by atoms with Crippen LogP contribution in [-0.4, -0.2) is 89.8 Å². The summed E-state index contributed by atoms with van der Waals surface area (Å²) in [7, 11) is 7.92. The second-order valence-electron chi connectivity index (χ2n) is 8.04. The lowest BCUT2D eigenvalue weighted by Crippen LogP contribution is -2.39. The fourth-order valence-electron chi connectivity index (χ4n) is 4.07. The van der Waals surface area contributed by atoms with Crippen LogP contribution in [0.2, 0.25) is 0 Å². The molecule has 36 heavy (non-hydrogen) atoms. The highest BCUT2D eigenvalue weighted by molar-refractivity contribution is 5.94. The van der Waals surface area contributed by atoms with Gasteiger partial charge in [-0.05, 0) is 6.07 Å². The summed E-state index contributed by atoms with van der Waals surface area (Å²) < 4.78 is 32.9. The van der Waals surface area contributed by atoms with Crippen LogP contribution in [0.5, 0.6) is 28.7 Å². The zero-order valence-electron chi connectivity index (χ0n) is 21.3. The first kappa shape index (κ1) is 25.4. The highest BCUT2D eigenvalue weighted by atomic mass is 16.5. The van der Waals surface area contributed by atoms with Crippen LogP contribution in [0.4, 0.5) is 17.5 Å². The average Bonchev–Trinajstić information content (AvgIpc) is 2.92. The second kappa shape index (κ2) is 11.8. The molecule has 1 aliphatic heterocycles. The zero-order chi connectivity index (χ0) is 25.5. The molecule has 0 bridgehead atoms. The van der Waals surface area contributed by atoms with Crippen LogP contribution in [0.25, 0.3) is 10.9 Å². The third-order valence-electron chi connectivity index (χ3n) is 5.94.